The van der Waals surface area contributed by atoms with Crippen LogP contribution in [0.15, 0.2) is 63.9 Å². The van der Waals surface area contributed by atoms with Crippen molar-refractivity contribution in [3.05, 3.63) is 75.0 Å². The van der Waals surface area contributed by atoms with Gasteiger partial charge in [0.1, 0.15) is 5.75 Å². The van der Waals surface area contributed by atoms with Gasteiger partial charge in [0, 0.05) is 26.8 Å². The van der Waals surface area contributed by atoms with Crippen molar-refractivity contribution >= 4 is 43.5 Å². The highest BCUT2D eigenvalue weighted by atomic mass is 79.9. The van der Waals surface area contributed by atoms with Crippen LogP contribution in [0.4, 0.5) is 0 Å². The molecule has 0 aliphatic carbocycles. The number of aryl methyl sites for hydroxylation is 1. The third kappa shape index (κ3) is 6.61. The number of pyridine rings is 1. The number of aromatic amines is 1. The summed E-state index contributed by atoms with van der Waals surface area (Å²) in [6.07, 6.45) is 1.56. The third-order valence-electron chi connectivity index (χ3n) is 3.57. The van der Waals surface area contributed by atoms with Gasteiger partial charge in [0.05, 0.1) is 17.9 Å². The van der Waals surface area contributed by atoms with Crippen LogP contribution >= 0.6 is 15.9 Å². The minimum Gasteiger partial charge on any atom is -0.494 e. The fourth-order valence-electron chi connectivity index (χ4n) is 2.18. The molecule has 0 amide bonds. The quantitative estimate of drug-likeness (QED) is 0.477. The molecular formula is C20H20BrNO3S. The number of aromatic nitrogens is 1. The molecule has 3 aromatic rings. The molecule has 1 aromatic heterocycles. The zero-order chi connectivity index (χ0) is 18.8. The topological polar surface area (TPSA) is 59.2 Å². The lowest BCUT2D eigenvalue weighted by molar-refractivity contribution is 0.314. The highest BCUT2D eigenvalue weighted by Gasteiger charge is 1.98. The van der Waals surface area contributed by atoms with E-state index in [1.807, 2.05) is 36.4 Å². The molecule has 0 saturated carbocycles. The lowest BCUT2D eigenvalue weighted by Crippen LogP contribution is -2.02. The smallest absolute Gasteiger partial charge is 0.248 e. The van der Waals surface area contributed by atoms with Crippen LogP contribution in [-0.2, 0) is 11.3 Å². The third-order valence-corrected chi connectivity index (χ3v) is 4.84. The SMILES string of the molecule is Cc1ccccc1Br.O=S=CCCCOc1ccc2[nH]c(=O)ccc2c1. The van der Waals surface area contributed by atoms with Crippen molar-refractivity contribution in [1.82, 2.24) is 4.98 Å². The summed E-state index contributed by atoms with van der Waals surface area (Å²) in [7, 11) is 0. The van der Waals surface area contributed by atoms with Crippen LogP contribution in [0.25, 0.3) is 10.9 Å². The van der Waals surface area contributed by atoms with Gasteiger partial charge in [-0.2, -0.15) is 0 Å². The van der Waals surface area contributed by atoms with Crippen molar-refractivity contribution in [2.75, 3.05) is 6.61 Å². The molecule has 0 saturated heterocycles. The molecule has 0 atom stereocenters. The maximum Gasteiger partial charge on any atom is 0.248 e. The number of nitrogens with one attached hydrogen (secondary N) is 1. The second-order valence-corrected chi connectivity index (χ2v) is 6.95. The maximum absolute atomic E-state index is 11.1. The highest BCUT2D eigenvalue weighted by molar-refractivity contribution is 9.10. The number of H-pyrrole nitrogens is 1. The van der Waals surface area contributed by atoms with Crippen LogP contribution in [0.3, 0.4) is 0 Å². The summed E-state index contributed by atoms with van der Waals surface area (Å²) >= 11 is 3.88. The molecule has 0 bridgehead atoms. The van der Waals surface area contributed by atoms with E-state index in [-0.39, 0.29) is 5.56 Å². The van der Waals surface area contributed by atoms with E-state index in [4.69, 9.17) is 4.74 Å². The second-order valence-electron chi connectivity index (χ2n) is 5.57. The molecule has 2 aromatic carbocycles. The van der Waals surface area contributed by atoms with Crippen LogP contribution in [0.1, 0.15) is 18.4 Å². The fraction of sp³-hybridized carbons (Fsp3) is 0.200. The number of fused-ring (bicyclic) bond motifs is 1. The molecule has 3 rings (SSSR count). The van der Waals surface area contributed by atoms with Crippen molar-refractivity contribution < 1.29 is 8.95 Å². The molecule has 0 spiro atoms. The molecule has 6 heteroatoms. The predicted octanol–water partition coefficient (Wildman–Crippen LogP) is 4.46. The molecule has 0 fully saturated rings. The Labute approximate surface area is 164 Å². The first-order valence-corrected chi connectivity index (χ1v) is 9.77. The fourth-order valence-corrected chi connectivity index (χ4v) is 2.73. The van der Waals surface area contributed by atoms with Gasteiger partial charge in [0.15, 0.2) is 0 Å². The van der Waals surface area contributed by atoms with E-state index in [2.05, 4.69) is 33.9 Å². The van der Waals surface area contributed by atoms with Gasteiger partial charge in [-0.1, -0.05) is 34.1 Å². The largest absolute Gasteiger partial charge is 0.494 e. The summed E-state index contributed by atoms with van der Waals surface area (Å²) < 4.78 is 16.9. The molecular weight excluding hydrogens is 414 g/mol. The average Bonchev–Trinajstić information content (AvgIpc) is 2.64. The van der Waals surface area contributed by atoms with Crippen LogP contribution in [-0.4, -0.2) is 21.2 Å². The molecule has 136 valence electrons. The summed E-state index contributed by atoms with van der Waals surface area (Å²) in [6.45, 7) is 2.65. The predicted molar refractivity (Wildman–Crippen MR) is 112 cm³/mol. The Kier molecular flexibility index (Phi) is 8.31. The Bertz CT molecular complexity index is 943. The number of hydrogen-bond acceptors (Lipinski definition) is 3. The number of halogens is 1. The molecule has 0 aliphatic rings. The van der Waals surface area contributed by atoms with Crippen LogP contribution in [0, 0.1) is 6.92 Å². The Morgan fingerprint density at radius 1 is 1.15 bits per heavy atom. The monoisotopic (exact) mass is 433 g/mol. The van der Waals surface area contributed by atoms with Gasteiger partial charge in [-0.25, -0.2) is 4.21 Å². The first-order chi connectivity index (χ1) is 12.6. The van der Waals surface area contributed by atoms with E-state index < -0.39 is 0 Å². The first-order valence-electron chi connectivity index (χ1n) is 8.17. The Morgan fingerprint density at radius 2 is 1.96 bits per heavy atom. The molecule has 1 N–H and O–H groups in total. The zero-order valence-electron chi connectivity index (χ0n) is 14.4. The zero-order valence-corrected chi connectivity index (χ0v) is 16.8. The average molecular weight is 434 g/mol. The van der Waals surface area contributed by atoms with E-state index in [9.17, 15) is 9.00 Å². The van der Waals surface area contributed by atoms with E-state index in [0.717, 1.165) is 29.5 Å². The van der Waals surface area contributed by atoms with Crippen molar-refractivity contribution in [3.8, 4) is 5.75 Å². The molecule has 0 radical (unpaired) electrons. The van der Waals surface area contributed by atoms with Crippen LogP contribution in [0.2, 0.25) is 0 Å². The van der Waals surface area contributed by atoms with E-state index in [1.54, 1.807) is 11.4 Å². The normalized spacial score (nSPS) is 9.92. The molecule has 1 heterocycles. The lowest BCUT2D eigenvalue weighted by Gasteiger charge is -2.06. The van der Waals surface area contributed by atoms with Crippen LogP contribution < -0.4 is 10.3 Å². The number of ether oxygens (including phenoxy) is 1. The van der Waals surface area contributed by atoms with E-state index >= 15 is 0 Å². The summed E-state index contributed by atoms with van der Waals surface area (Å²) in [6, 6.07) is 16.9. The molecule has 0 aliphatic heterocycles. The van der Waals surface area contributed by atoms with Crippen molar-refractivity contribution in [1.29, 1.82) is 0 Å². The molecule has 4 nitrogen and oxygen atoms in total. The minimum atomic E-state index is -0.109. The summed E-state index contributed by atoms with van der Waals surface area (Å²) in [5, 5.41) is 2.56. The van der Waals surface area contributed by atoms with Gasteiger partial charge in [-0.3, -0.25) is 4.79 Å². The molecule has 26 heavy (non-hydrogen) atoms. The number of hydrogen-bond donors (Lipinski definition) is 1. The van der Waals surface area contributed by atoms with E-state index in [0.29, 0.717) is 17.9 Å². The summed E-state index contributed by atoms with van der Waals surface area (Å²) in [5.41, 5.74) is 1.97. The van der Waals surface area contributed by atoms with Crippen molar-refractivity contribution in [2.24, 2.45) is 0 Å². The lowest BCUT2D eigenvalue weighted by atomic mass is 10.2. The Morgan fingerprint density at radius 3 is 2.65 bits per heavy atom. The summed E-state index contributed by atoms with van der Waals surface area (Å²) in [4.78, 5) is 13.9. The van der Waals surface area contributed by atoms with Gasteiger partial charge in [-0.05, 0) is 55.7 Å². The van der Waals surface area contributed by atoms with Gasteiger partial charge < -0.3 is 9.72 Å². The van der Waals surface area contributed by atoms with Gasteiger partial charge in [0.25, 0.3) is 0 Å². The van der Waals surface area contributed by atoms with E-state index in [1.165, 1.54) is 16.1 Å². The Hall–Kier alpha value is -2.18. The van der Waals surface area contributed by atoms with Crippen molar-refractivity contribution in [2.45, 2.75) is 19.8 Å². The second kappa shape index (κ2) is 10.7. The minimum absolute atomic E-state index is 0.109. The number of benzene rings is 2. The number of rotatable bonds is 5. The number of unbranched alkanes of at least 4 members (excludes halogenated alkanes) is 1. The van der Waals surface area contributed by atoms with Gasteiger partial charge >= 0.3 is 0 Å². The van der Waals surface area contributed by atoms with Crippen molar-refractivity contribution in [3.63, 3.8) is 0 Å². The maximum atomic E-state index is 11.1. The standard InChI is InChI=1S/C13H13NO3S.C7H7Br/c15-13-6-3-10-9-11(4-5-12(10)14-13)17-7-1-2-8-18-16;1-6-4-2-3-5-7(6)8/h3-6,8-9H,1-2,7H2,(H,14,15);2-5H,1H3. The summed E-state index contributed by atoms with van der Waals surface area (Å²) in [5.74, 6) is 0.768. The van der Waals surface area contributed by atoms with Gasteiger partial charge in [0.2, 0.25) is 5.56 Å². The van der Waals surface area contributed by atoms with Gasteiger partial charge in [-0.15, -0.1) is 0 Å². The van der Waals surface area contributed by atoms with Crippen LogP contribution in [0.5, 0.6) is 5.75 Å². The molecule has 0 unspecified atom stereocenters. The highest BCUT2D eigenvalue weighted by Crippen LogP contribution is 2.18. The Balaban J connectivity index is 0.000000254. The first kappa shape index (κ1) is 20.1.